The maximum Gasteiger partial charge on any atom is 0.228 e. The first-order valence-corrected chi connectivity index (χ1v) is 8.75. The SMILES string of the molecule is CN=C(NCCc1nc(C(C)C)no1)N(C)Cc1cc(Br)cn1C. The number of guanidine groups is 1. The van der Waals surface area contributed by atoms with Crippen LogP contribution in [0.5, 0.6) is 0 Å². The first-order chi connectivity index (χ1) is 11.4. The van der Waals surface area contributed by atoms with E-state index in [1.54, 1.807) is 7.05 Å². The quantitative estimate of drug-likeness (QED) is 0.599. The van der Waals surface area contributed by atoms with Crippen LogP contribution in [0.2, 0.25) is 0 Å². The van der Waals surface area contributed by atoms with E-state index in [1.165, 1.54) is 5.69 Å². The number of aromatic nitrogens is 3. The van der Waals surface area contributed by atoms with Crippen LogP contribution in [0.4, 0.5) is 0 Å². The summed E-state index contributed by atoms with van der Waals surface area (Å²) in [6.45, 7) is 5.55. The number of nitrogens with one attached hydrogen (secondary N) is 1. The van der Waals surface area contributed by atoms with Crippen LogP contribution in [0.3, 0.4) is 0 Å². The molecule has 0 saturated heterocycles. The van der Waals surface area contributed by atoms with Gasteiger partial charge in [0.05, 0.1) is 6.54 Å². The van der Waals surface area contributed by atoms with Crippen molar-refractivity contribution in [1.29, 1.82) is 0 Å². The van der Waals surface area contributed by atoms with Crippen molar-refractivity contribution in [3.8, 4) is 0 Å². The van der Waals surface area contributed by atoms with Crippen LogP contribution in [-0.2, 0) is 20.0 Å². The van der Waals surface area contributed by atoms with E-state index in [2.05, 4.69) is 51.9 Å². The molecule has 0 fully saturated rings. The van der Waals surface area contributed by atoms with Gasteiger partial charge >= 0.3 is 0 Å². The summed E-state index contributed by atoms with van der Waals surface area (Å²) in [4.78, 5) is 10.8. The van der Waals surface area contributed by atoms with Crippen molar-refractivity contribution in [2.75, 3.05) is 20.6 Å². The van der Waals surface area contributed by atoms with E-state index in [9.17, 15) is 0 Å². The van der Waals surface area contributed by atoms with Gasteiger partial charge in [-0.2, -0.15) is 4.98 Å². The van der Waals surface area contributed by atoms with Crippen molar-refractivity contribution in [2.45, 2.75) is 32.7 Å². The molecule has 0 aromatic carbocycles. The molecule has 2 rings (SSSR count). The Labute approximate surface area is 151 Å². The Morgan fingerprint density at radius 2 is 2.25 bits per heavy atom. The Kier molecular flexibility index (Phi) is 6.42. The van der Waals surface area contributed by atoms with Gasteiger partial charge in [-0.05, 0) is 22.0 Å². The van der Waals surface area contributed by atoms with Gasteiger partial charge in [-0.1, -0.05) is 19.0 Å². The average molecular weight is 397 g/mol. The van der Waals surface area contributed by atoms with Gasteiger partial charge in [-0.3, -0.25) is 4.99 Å². The number of halogens is 1. The number of hydrogen-bond donors (Lipinski definition) is 1. The van der Waals surface area contributed by atoms with Gasteiger partial charge in [-0.15, -0.1) is 0 Å². The van der Waals surface area contributed by atoms with Crippen LogP contribution in [0.15, 0.2) is 26.3 Å². The van der Waals surface area contributed by atoms with Gasteiger partial charge in [0.2, 0.25) is 5.89 Å². The summed E-state index contributed by atoms with van der Waals surface area (Å²) in [7, 11) is 5.83. The van der Waals surface area contributed by atoms with Crippen molar-refractivity contribution >= 4 is 21.9 Å². The third-order valence-electron chi connectivity index (χ3n) is 3.67. The summed E-state index contributed by atoms with van der Waals surface area (Å²) in [6.07, 6.45) is 2.71. The Morgan fingerprint density at radius 1 is 1.50 bits per heavy atom. The number of nitrogens with zero attached hydrogens (tertiary/aromatic N) is 5. The standard InChI is InChI=1S/C16H25BrN6O/c1-11(2)15-20-14(24-21-15)6-7-19-16(18-3)23(5)10-13-8-12(17)9-22(13)4/h8-9,11H,6-7,10H2,1-5H3,(H,18,19). The van der Waals surface area contributed by atoms with Gasteiger partial charge in [0.15, 0.2) is 11.8 Å². The molecule has 0 amide bonds. The van der Waals surface area contributed by atoms with E-state index in [0.717, 1.165) is 22.8 Å². The lowest BCUT2D eigenvalue weighted by molar-refractivity contribution is 0.370. The van der Waals surface area contributed by atoms with Crippen LogP contribution in [-0.4, -0.2) is 46.2 Å². The molecule has 0 bridgehead atoms. The molecule has 2 heterocycles. The van der Waals surface area contributed by atoms with Crippen molar-refractivity contribution in [1.82, 2.24) is 24.9 Å². The van der Waals surface area contributed by atoms with E-state index in [1.807, 2.05) is 34.1 Å². The monoisotopic (exact) mass is 396 g/mol. The van der Waals surface area contributed by atoms with E-state index in [4.69, 9.17) is 4.52 Å². The molecular formula is C16H25BrN6O. The minimum absolute atomic E-state index is 0.277. The molecule has 0 saturated carbocycles. The Hall–Kier alpha value is -1.83. The zero-order chi connectivity index (χ0) is 17.7. The number of aliphatic imine (C=N–C) groups is 1. The molecule has 0 aliphatic heterocycles. The second kappa shape index (κ2) is 8.32. The summed E-state index contributed by atoms with van der Waals surface area (Å²) in [6, 6.07) is 2.11. The van der Waals surface area contributed by atoms with Crippen LogP contribution in [0, 0.1) is 0 Å². The fourth-order valence-electron chi connectivity index (χ4n) is 2.31. The number of aryl methyl sites for hydroxylation is 1. The summed E-state index contributed by atoms with van der Waals surface area (Å²) in [5.74, 6) is 2.51. The molecule has 0 atom stereocenters. The molecule has 7 nitrogen and oxygen atoms in total. The van der Waals surface area contributed by atoms with Gasteiger partial charge in [-0.25, -0.2) is 0 Å². The van der Waals surface area contributed by atoms with Crippen molar-refractivity contribution < 1.29 is 4.52 Å². The van der Waals surface area contributed by atoms with Crippen molar-refractivity contribution in [3.63, 3.8) is 0 Å². The van der Waals surface area contributed by atoms with Crippen LogP contribution < -0.4 is 5.32 Å². The second-order valence-electron chi connectivity index (χ2n) is 6.04. The van der Waals surface area contributed by atoms with E-state index in [0.29, 0.717) is 18.9 Å². The molecule has 2 aromatic heterocycles. The van der Waals surface area contributed by atoms with E-state index in [-0.39, 0.29) is 5.92 Å². The molecule has 2 aromatic rings. The van der Waals surface area contributed by atoms with Crippen LogP contribution >= 0.6 is 15.9 Å². The topological polar surface area (TPSA) is 71.5 Å². The van der Waals surface area contributed by atoms with Gasteiger partial charge < -0.3 is 19.3 Å². The minimum atomic E-state index is 0.277. The van der Waals surface area contributed by atoms with Gasteiger partial charge in [0.1, 0.15) is 0 Å². The largest absolute Gasteiger partial charge is 0.356 e. The highest BCUT2D eigenvalue weighted by atomic mass is 79.9. The molecule has 8 heteroatoms. The Balaban J connectivity index is 1.86. The number of hydrogen-bond acceptors (Lipinski definition) is 4. The molecule has 0 aliphatic carbocycles. The van der Waals surface area contributed by atoms with Crippen molar-refractivity contribution in [2.24, 2.45) is 12.0 Å². The molecule has 0 radical (unpaired) electrons. The first kappa shape index (κ1) is 18.5. The normalized spacial score (nSPS) is 12.0. The fraction of sp³-hybridized carbons (Fsp3) is 0.562. The average Bonchev–Trinajstić information content (AvgIpc) is 3.10. The Bertz CT molecular complexity index is 691. The highest BCUT2D eigenvalue weighted by Crippen LogP contribution is 2.15. The lowest BCUT2D eigenvalue weighted by Gasteiger charge is -2.22. The minimum Gasteiger partial charge on any atom is -0.356 e. The zero-order valence-electron chi connectivity index (χ0n) is 14.9. The molecule has 0 unspecified atom stereocenters. The predicted octanol–water partition coefficient (Wildman–Crippen LogP) is 2.54. The molecule has 1 N–H and O–H groups in total. The van der Waals surface area contributed by atoms with Crippen LogP contribution in [0.25, 0.3) is 0 Å². The summed E-state index contributed by atoms with van der Waals surface area (Å²) >= 11 is 3.50. The third-order valence-corrected chi connectivity index (χ3v) is 4.10. The molecular weight excluding hydrogens is 372 g/mol. The first-order valence-electron chi connectivity index (χ1n) is 7.95. The number of rotatable bonds is 6. The summed E-state index contributed by atoms with van der Waals surface area (Å²) in [5.41, 5.74) is 1.20. The van der Waals surface area contributed by atoms with E-state index >= 15 is 0 Å². The predicted molar refractivity (Wildman–Crippen MR) is 98.0 cm³/mol. The fourth-order valence-corrected chi connectivity index (χ4v) is 2.88. The lowest BCUT2D eigenvalue weighted by Crippen LogP contribution is -2.39. The van der Waals surface area contributed by atoms with Crippen LogP contribution in [0.1, 0.15) is 37.2 Å². The molecule has 132 valence electrons. The van der Waals surface area contributed by atoms with E-state index < -0.39 is 0 Å². The maximum atomic E-state index is 5.25. The Morgan fingerprint density at radius 3 is 2.79 bits per heavy atom. The molecule has 24 heavy (non-hydrogen) atoms. The molecule has 0 aliphatic rings. The van der Waals surface area contributed by atoms with Gasteiger partial charge in [0.25, 0.3) is 0 Å². The third kappa shape index (κ3) is 4.83. The summed E-state index contributed by atoms with van der Waals surface area (Å²) in [5, 5.41) is 7.30. The zero-order valence-corrected chi connectivity index (χ0v) is 16.5. The highest BCUT2D eigenvalue weighted by Gasteiger charge is 2.12. The maximum absolute atomic E-state index is 5.25. The van der Waals surface area contributed by atoms with Crippen molar-refractivity contribution in [3.05, 3.63) is 34.1 Å². The molecule has 0 spiro atoms. The second-order valence-corrected chi connectivity index (χ2v) is 6.96. The van der Waals surface area contributed by atoms with Gasteiger partial charge in [0, 0.05) is 56.4 Å². The highest BCUT2D eigenvalue weighted by molar-refractivity contribution is 9.10. The summed E-state index contributed by atoms with van der Waals surface area (Å²) < 4.78 is 8.43. The smallest absolute Gasteiger partial charge is 0.228 e. The lowest BCUT2D eigenvalue weighted by atomic mass is 10.2.